The number of piperazine rings is 1. The van der Waals surface area contributed by atoms with Gasteiger partial charge < -0.3 is 19.3 Å². The van der Waals surface area contributed by atoms with Crippen molar-refractivity contribution in [3.05, 3.63) is 0 Å². The van der Waals surface area contributed by atoms with Gasteiger partial charge in [0.25, 0.3) is 0 Å². The highest BCUT2D eigenvalue weighted by Gasteiger charge is 2.20. The number of carbonyl (C=O) groups is 1. The molecule has 0 aromatic heterocycles. The molecule has 152 valence electrons. The maximum Gasteiger partial charge on any atom is 0.248 e. The molecule has 6 heteroatoms. The summed E-state index contributed by atoms with van der Waals surface area (Å²) >= 11 is 0. The van der Waals surface area contributed by atoms with Gasteiger partial charge in [0.2, 0.25) is 5.91 Å². The molecule has 0 spiro atoms. The number of nitrogens with zero attached hydrogens (tertiary/aromatic N) is 3. The number of amides is 1. The van der Waals surface area contributed by atoms with Gasteiger partial charge >= 0.3 is 0 Å². The smallest absolute Gasteiger partial charge is 0.248 e. The molecule has 0 N–H and O–H groups in total. The molecule has 2 aliphatic heterocycles. The first-order chi connectivity index (χ1) is 12.6. The van der Waals surface area contributed by atoms with E-state index in [-0.39, 0.29) is 12.5 Å². The largest absolute Gasteiger partial charge is 0.379 e. The van der Waals surface area contributed by atoms with Gasteiger partial charge in [-0.25, -0.2) is 0 Å². The molecule has 2 rings (SSSR count). The topological polar surface area (TPSA) is 45.3 Å². The van der Waals surface area contributed by atoms with Crippen molar-refractivity contribution in [2.45, 2.75) is 46.1 Å². The lowest BCUT2D eigenvalue weighted by Gasteiger charge is -2.36. The Hall–Kier alpha value is -0.690. The van der Waals surface area contributed by atoms with Crippen LogP contribution in [0.25, 0.3) is 0 Å². The van der Waals surface area contributed by atoms with Gasteiger partial charge in [-0.05, 0) is 39.0 Å². The molecule has 1 amide bonds. The highest BCUT2D eigenvalue weighted by Crippen LogP contribution is 2.15. The number of rotatable bonds is 10. The first-order valence-electron chi connectivity index (χ1n) is 10.5. The van der Waals surface area contributed by atoms with Gasteiger partial charge in [-0.2, -0.15) is 0 Å². The van der Waals surface area contributed by atoms with Gasteiger partial charge in [-0.15, -0.1) is 0 Å². The molecule has 6 nitrogen and oxygen atoms in total. The Labute approximate surface area is 159 Å². The Bertz CT molecular complexity index is 390. The van der Waals surface area contributed by atoms with Crippen LogP contribution in [-0.2, 0) is 14.3 Å². The van der Waals surface area contributed by atoms with Gasteiger partial charge in [0, 0.05) is 58.5 Å². The number of carbonyl (C=O) groups excluding carboxylic acids is 1. The van der Waals surface area contributed by atoms with E-state index in [0.717, 1.165) is 51.4 Å². The molecule has 2 fully saturated rings. The third kappa shape index (κ3) is 7.91. The fourth-order valence-electron chi connectivity index (χ4n) is 3.62. The standard InChI is InChI=1S/C20H39N3O3/c1-18(2)22-12-10-21(11-13-22)7-4-14-25-15-16-26-17-20(24)23-8-5-19(3)6-9-23/h18-19H,4-17H2,1-3H3. The highest BCUT2D eigenvalue weighted by molar-refractivity contribution is 5.77. The number of hydrogen-bond acceptors (Lipinski definition) is 5. The lowest BCUT2D eigenvalue weighted by Crippen LogP contribution is -2.49. The molecule has 0 unspecified atom stereocenters. The molecule has 2 aliphatic rings. The minimum Gasteiger partial charge on any atom is -0.379 e. The molecule has 0 saturated carbocycles. The van der Waals surface area contributed by atoms with Crippen molar-refractivity contribution in [2.24, 2.45) is 5.92 Å². The van der Waals surface area contributed by atoms with Crippen LogP contribution in [-0.4, -0.2) is 98.9 Å². The fraction of sp³-hybridized carbons (Fsp3) is 0.950. The molecular weight excluding hydrogens is 330 g/mol. The predicted octanol–water partition coefficient (Wildman–Crippen LogP) is 1.69. The summed E-state index contributed by atoms with van der Waals surface area (Å²) in [5.74, 6) is 0.866. The molecule has 2 heterocycles. The molecular formula is C20H39N3O3. The fourth-order valence-corrected chi connectivity index (χ4v) is 3.62. The molecule has 0 atom stereocenters. The summed E-state index contributed by atoms with van der Waals surface area (Å²) in [6.07, 6.45) is 3.29. The lowest BCUT2D eigenvalue weighted by molar-refractivity contribution is -0.138. The van der Waals surface area contributed by atoms with Crippen LogP contribution < -0.4 is 0 Å². The quantitative estimate of drug-likeness (QED) is 0.549. The monoisotopic (exact) mass is 369 g/mol. The normalized spacial score (nSPS) is 20.8. The zero-order chi connectivity index (χ0) is 18.8. The Kier molecular flexibility index (Phi) is 9.89. The third-order valence-electron chi connectivity index (χ3n) is 5.63. The molecule has 0 aromatic rings. The average molecular weight is 370 g/mol. The molecule has 0 radical (unpaired) electrons. The van der Waals surface area contributed by atoms with Crippen LogP contribution in [0, 0.1) is 5.92 Å². The van der Waals surface area contributed by atoms with Crippen LogP contribution in [0.15, 0.2) is 0 Å². The van der Waals surface area contributed by atoms with Crippen LogP contribution in [0.4, 0.5) is 0 Å². The second kappa shape index (κ2) is 11.9. The average Bonchev–Trinajstić information content (AvgIpc) is 2.64. The maximum atomic E-state index is 12.0. The first-order valence-corrected chi connectivity index (χ1v) is 10.5. The van der Waals surface area contributed by atoms with E-state index in [2.05, 4.69) is 30.6 Å². The van der Waals surface area contributed by atoms with Crippen molar-refractivity contribution in [1.82, 2.24) is 14.7 Å². The van der Waals surface area contributed by atoms with E-state index in [0.29, 0.717) is 19.3 Å². The number of likely N-dealkylation sites (tertiary alicyclic amines) is 1. The van der Waals surface area contributed by atoms with Crippen LogP contribution in [0.5, 0.6) is 0 Å². The van der Waals surface area contributed by atoms with Crippen molar-refractivity contribution in [2.75, 3.05) is 72.2 Å². The van der Waals surface area contributed by atoms with Crippen molar-refractivity contribution in [1.29, 1.82) is 0 Å². The second-order valence-electron chi connectivity index (χ2n) is 8.05. The summed E-state index contributed by atoms with van der Waals surface area (Å²) in [4.78, 5) is 19.0. The molecule has 2 saturated heterocycles. The summed E-state index contributed by atoms with van der Waals surface area (Å²) in [6, 6.07) is 0.658. The van der Waals surface area contributed by atoms with Gasteiger partial charge in [-0.1, -0.05) is 6.92 Å². The Morgan fingerprint density at radius 1 is 0.962 bits per heavy atom. The summed E-state index contributed by atoms with van der Waals surface area (Å²) in [6.45, 7) is 16.4. The Morgan fingerprint density at radius 2 is 1.62 bits per heavy atom. The van der Waals surface area contributed by atoms with E-state index < -0.39 is 0 Å². The number of piperidine rings is 1. The van der Waals surface area contributed by atoms with Gasteiger partial charge in [0.15, 0.2) is 0 Å². The number of ether oxygens (including phenoxy) is 2. The van der Waals surface area contributed by atoms with Crippen LogP contribution in [0.2, 0.25) is 0 Å². The zero-order valence-corrected chi connectivity index (χ0v) is 17.1. The van der Waals surface area contributed by atoms with Crippen LogP contribution >= 0.6 is 0 Å². The molecule has 0 bridgehead atoms. The molecule has 26 heavy (non-hydrogen) atoms. The Morgan fingerprint density at radius 3 is 2.27 bits per heavy atom. The lowest BCUT2D eigenvalue weighted by atomic mass is 9.99. The molecule has 0 aromatic carbocycles. The van der Waals surface area contributed by atoms with Crippen LogP contribution in [0.1, 0.15) is 40.0 Å². The van der Waals surface area contributed by atoms with E-state index in [1.165, 1.54) is 26.2 Å². The highest BCUT2D eigenvalue weighted by atomic mass is 16.5. The van der Waals surface area contributed by atoms with E-state index in [4.69, 9.17) is 9.47 Å². The van der Waals surface area contributed by atoms with Gasteiger partial charge in [-0.3, -0.25) is 9.69 Å². The minimum atomic E-state index is 0.123. The summed E-state index contributed by atoms with van der Waals surface area (Å²) in [5.41, 5.74) is 0. The van der Waals surface area contributed by atoms with Crippen molar-refractivity contribution < 1.29 is 14.3 Å². The van der Waals surface area contributed by atoms with Crippen molar-refractivity contribution in [3.63, 3.8) is 0 Å². The van der Waals surface area contributed by atoms with E-state index >= 15 is 0 Å². The van der Waals surface area contributed by atoms with E-state index in [1.54, 1.807) is 0 Å². The van der Waals surface area contributed by atoms with E-state index in [9.17, 15) is 4.79 Å². The predicted molar refractivity (Wildman–Crippen MR) is 104 cm³/mol. The number of hydrogen-bond donors (Lipinski definition) is 0. The Balaban J connectivity index is 1.39. The summed E-state index contributed by atoms with van der Waals surface area (Å²) in [7, 11) is 0. The van der Waals surface area contributed by atoms with Crippen molar-refractivity contribution >= 4 is 5.91 Å². The van der Waals surface area contributed by atoms with E-state index in [1.807, 2.05) is 4.90 Å². The summed E-state index contributed by atoms with van der Waals surface area (Å²) < 4.78 is 11.1. The maximum absolute atomic E-state index is 12.0. The second-order valence-corrected chi connectivity index (χ2v) is 8.05. The SMILES string of the molecule is CC1CCN(C(=O)COCCOCCCN2CCN(C(C)C)CC2)CC1. The van der Waals surface area contributed by atoms with Gasteiger partial charge in [0.1, 0.15) is 6.61 Å². The zero-order valence-electron chi connectivity index (χ0n) is 17.1. The molecule has 0 aliphatic carbocycles. The summed E-state index contributed by atoms with van der Waals surface area (Å²) in [5, 5.41) is 0. The minimum absolute atomic E-state index is 0.123. The third-order valence-corrected chi connectivity index (χ3v) is 5.63. The van der Waals surface area contributed by atoms with Crippen molar-refractivity contribution in [3.8, 4) is 0 Å². The first kappa shape index (κ1) is 21.6. The van der Waals surface area contributed by atoms with Crippen LogP contribution in [0.3, 0.4) is 0 Å². The van der Waals surface area contributed by atoms with Gasteiger partial charge in [0.05, 0.1) is 13.2 Å².